The molecular formula is C12H16N4OS2. The van der Waals surface area contributed by atoms with Gasteiger partial charge in [0.25, 0.3) is 10.7 Å². The van der Waals surface area contributed by atoms with Crippen LogP contribution in [0.5, 0.6) is 0 Å². The molecule has 0 unspecified atom stereocenters. The lowest BCUT2D eigenvalue weighted by Crippen LogP contribution is -2.23. The first-order valence-electron chi connectivity index (χ1n) is 6.54. The second kappa shape index (κ2) is 5.94. The lowest BCUT2D eigenvalue weighted by Gasteiger charge is -2.17. The molecule has 0 radical (unpaired) electrons. The highest BCUT2D eigenvalue weighted by molar-refractivity contribution is 7.71. The molecule has 3 heterocycles. The normalized spacial score (nSPS) is 17.5. The summed E-state index contributed by atoms with van der Waals surface area (Å²) in [5, 5.41) is 7.77. The van der Waals surface area contributed by atoms with Crippen LogP contribution in [0, 0.1) is 4.84 Å². The number of aromatic amines is 1. The summed E-state index contributed by atoms with van der Waals surface area (Å²) in [6, 6.07) is 0. The van der Waals surface area contributed by atoms with Crippen molar-refractivity contribution < 1.29 is 4.42 Å². The van der Waals surface area contributed by atoms with Crippen LogP contribution in [-0.4, -0.2) is 33.2 Å². The highest BCUT2D eigenvalue weighted by Gasteiger charge is 2.13. The number of rotatable bonds is 3. The summed E-state index contributed by atoms with van der Waals surface area (Å²) in [7, 11) is 0. The number of likely N-dealkylation sites (tertiary alicyclic amines) is 1. The number of aromatic nitrogens is 3. The molecule has 1 fully saturated rings. The molecule has 1 aliphatic heterocycles. The van der Waals surface area contributed by atoms with Gasteiger partial charge in [0.05, 0.1) is 12.7 Å². The molecule has 0 aliphatic carbocycles. The summed E-state index contributed by atoms with van der Waals surface area (Å²) < 4.78 is 5.30. The summed E-state index contributed by atoms with van der Waals surface area (Å²) in [5.41, 5.74) is 0. The minimum atomic E-state index is 0.303. The van der Waals surface area contributed by atoms with Gasteiger partial charge in [-0.05, 0) is 38.1 Å². The van der Waals surface area contributed by atoms with Gasteiger partial charge in [-0.25, -0.2) is 10.1 Å². The van der Waals surface area contributed by atoms with Gasteiger partial charge >= 0.3 is 0 Å². The topological polar surface area (TPSA) is 58.0 Å². The maximum atomic E-state index is 5.30. The second-order valence-corrected chi connectivity index (χ2v) is 6.21. The van der Waals surface area contributed by atoms with E-state index >= 15 is 0 Å². The van der Waals surface area contributed by atoms with Crippen molar-refractivity contribution in [3.8, 4) is 10.8 Å². The quantitative estimate of drug-likeness (QED) is 0.881. The van der Waals surface area contributed by atoms with Crippen LogP contribution in [0.1, 0.15) is 30.7 Å². The molecule has 0 amide bonds. The summed E-state index contributed by atoms with van der Waals surface area (Å²) in [5.74, 6) is 0.532. The van der Waals surface area contributed by atoms with Gasteiger partial charge in [-0.2, -0.15) is 0 Å². The van der Waals surface area contributed by atoms with Gasteiger partial charge in [-0.1, -0.05) is 12.8 Å². The number of nitrogens with zero attached hydrogens (tertiary/aromatic N) is 3. The second-order valence-electron chi connectivity index (χ2n) is 4.73. The summed E-state index contributed by atoms with van der Waals surface area (Å²) in [6.07, 6.45) is 7.12. The van der Waals surface area contributed by atoms with Crippen LogP contribution in [0.4, 0.5) is 0 Å². The summed E-state index contributed by atoms with van der Waals surface area (Å²) in [4.78, 5) is 8.17. The average Bonchev–Trinajstić information content (AvgIpc) is 2.94. The Balaban J connectivity index is 1.69. The number of nitrogens with one attached hydrogen (secondary N) is 1. The largest absolute Gasteiger partial charge is 0.408 e. The van der Waals surface area contributed by atoms with E-state index in [1.807, 2.05) is 6.20 Å². The van der Waals surface area contributed by atoms with Gasteiger partial charge in [-0.15, -0.1) is 16.4 Å². The Morgan fingerprint density at radius 2 is 2.11 bits per heavy atom. The third-order valence-electron chi connectivity index (χ3n) is 3.26. The van der Waals surface area contributed by atoms with Crippen molar-refractivity contribution in [3.05, 3.63) is 16.0 Å². The Morgan fingerprint density at radius 3 is 2.79 bits per heavy atom. The van der Waals surface area contributed by atoms with Crippen molar-refractivity contribution >= 4 is 23.6 Å². The van der Waals surface area contributed by atoms with E-state index in [4.69, 9.17) is 16.6 Å². The maximum Gasteiger partial charge on any atom is 0.284 e. The predicted molar refractivity (Wildman–Crippen MR) is 76.5 cm³/mol. The van der Waals surface area contributed by atoms with Gasteiger partial charge in [0, 0.05) is 0 Å². The molecule has 7 heteroatoms. The van der Waals surface area contributed by atoms with E-state index in [0.29, 0.717) is 10.7 Å². The molecule has 1 saturated heterocycles. The Kier molecular flexibility index (Phi) is 4.05. The van der Waals surface area contributed by atoms with Gasteiger partial charge in [0.2, 0.25) is 0 Å². The standard InChI is InChI=1S/C12H16N4OS2/c18-12-15-14-11(17-12)9-7-13-10(19-9)8-16-5-3-1-2-4-6-16/h7H,1-6,8H2,(H,15,18). The van der Waals surface area contributed by atoms with E-state index in [2.05, 4.69) is 20.1 Å². The van der Waals surface area contributed by atoms with Gasteiger partial charge in [0.15, 0.2) is 0 Å². The van der Waals surface area contributed by atoms with Gasteiger partial charge < -0.3 is 4.42 Å². The fraction of sp³-hybridized carbons (Fsp3) is 0.583. The van der Waals surface area contributed by atoms with E-state index in [-0.39, 0.29) is 0 Å². The zero-order chi connectivity index (χ0) is 13.1. The first-order chi connectivity index (χ1) is 9.31. The summed E-state index contributed by atoms with van der Waals surface area (Å²) in [6.45, 7) is 3.28. The lowest BCUT2D eigenvalue weighted by molar-refractivity contribution is 0.276. The molecule has 2 aromatic rings. The van der Waals surface area contributed by atoms with Crippen molar-refractivity contribution in [3.63, 3.8) is 0 Å². The van der Waals surface area contributed by atoms with Crippen LogP contribution in [0.2, 0.25) is 0 Å². The van der Waals surface area contributed by atoms with E-state index in [9.17, 15) is 0 Å². The predicted octanol–water partition coefficient (Wildman–Crippen LogP) is 3.23. The molecule has 1 N–H and O–H groups in total. The van der Waals surface area contributed by atoms with E-state index in [1.54, 1.807) is 11.3 Å². The zero-order valence-corrected chi connectivity index (χ0v) is 12.2. The molecule has 2 aromatic heterocycles. The molecular weight excluding hydrogens is 280 g/mol. The van der Waals surface area contributed by atoms with Crippen LogP contribution in [0.15, 0.2) is 10.6 Å². The monoisotopic (exact) mass is 296 g/mol. The molecule has 5 nitrogen and oxygen atoms in total. The van der Waals surface area contributed by atoms with Crippen LogP contribution in [-0.2, 0) is 6.54 Å². The minimum Gasteiger partial charge on any atom is -0.408 e. The summed E-state index contributed by atoms with van der Waals surface area (Å²) >= 11 is 6.50. The molecule has 1 aliphatic rings. The van der Waals surface area contributed by atoms with E-state index in [0.717, 1.165) is 16.4 Å². The van der Waals surface area contributed by atoms with Crippen LogP contribution in [0.25, 0.3) is 10.8 Å². The molecule has 0 bridgehead atoms. The van der Waals surface area contributed by atoms with E-state index < -0.39 is 0 Å². The van der Waals surface area contributed by atoms with Crippen molar-refractivity contribution in [2.75, 3.05) is 13.1 Å². The molecule has 19 heavy (non-hydrogen) atoms. The van der Waals surface area contributed by atoms with E-state index in [1.165, 1.54) is 38.8 Å². The first kappa shape index (κ1) is 13.0. The molecule has 0 saturated carbocycles. The maximum absolute atomic E-state index is 5.30. The molecule has 0 aromatic carbocycles. The highest BCUT2D eigenvalue weighted by Crippen LogP contribution is 2.25. The number of hydrogen-bond donors (Lipinski definition) is 1. The molecule has 102 valence electrons. The highest BCUT2D eigenvalue weighted by atomic mass is 32.1. The Bertz CT molecular complexity index is 580. The lowest BCUT2D eigenvalue weighted by atomic mass is 10.2. The van der Waals surface area contributed by atoms with Crippen molar-refractivity contribution in [1.29, 1.82) is 0 Å². The molecule has 0 atom stereocenters. The van der Waals surface area contributed by atoms with Crippen molar-refractivity contribution in [2.45, 2.75) is 32.2 Å². The van der Waals surface area contributed by atoms with Crippen LogP contribution in [0.3, 0.4) is 0 Å². The van der Waals surface area contributed by atoms with Crippen molar-refractivity contribution in [1.82, 2.24) is 20.1 Å². The van der Waals surface area contributed by atoms with Gasteiger partial charge in [-0.3, -0.25) is 4.90 Å². The number of hydrogen-bond acceptors (Lipinski definition) is 6. The van der Waals surface area contributed by atoms with Crippen LogP contribution < -0.4 is 0 Å². The Hall–Kier alpha value is -1.05. The number of H-pyrrole nitrogens is 1. The fourth-order valence-corrected chi connectivity index (χ4v) is 3.31. The third-order valence-corrected chi connectivity index (χ3v) is 4.40. The number of thiazole rings is 1. The fourth-order valence-electron chi connectivity index (χ4n) is 2.30. The zero-order valence-electron chi connectivity index (χ0n) is 10.6. The minimum absolute atomic E-state index is 0.303. The smallest absolute Gasteiger partial charge is 0.284 e. The first-order valence-corrected chi connectivity index (χ1v) is 7.77. The Morgan fingerprint density at radius 1 is 1.32 bits per heavy atom. The Labute approximate surface area is 120 Å². The molecule has 3 rings (SSSR count). The molecule has 0 spiro atoms. The SMILES string of the molecule is S=c1[nH]nc(-c2cnc(CN3CCCCCC3)s2)o1. The average molecular weight is 296 g/mol. The van der Waals surface area contributed by atoms with Gasteiger partial charge in [0.1, 0.15) is 9.88 Å². The van der Waals surface area contributed by atoms with Crippen molar-refractivity contribution in [2.24, 2.45) is 0 Å². The van der Waals surface area contributed by atoms with Crippen LogP contribution >= 0.6 is 23.6 Å². The third kappa shape index (κ3) is 3.29.